The lowest BCUT2D eigenvalue weighted by molar-refractivity contribution is -0.138. The molecule has 1 aliphatic rings. The summed E-state index contributed by atoms with van der Waals surface area (Å²) in [6, 6.07) is 0. The molecular weight excluding hydrogens is 188 g/mol. The monoisotopic (exact) mass is 210 g/mol. The number of rotatable bonds is 6. The molecule has 1 fully saturated rings. The predicted octanol–water partition coefficient (Wildman–Crippen LogP) is 3.61. The Bertz CT molecular complexity index is 231. The van der Waals surface area contributed by atoms with Gasteiger partial charge in [-0.3, -0.25) is 0 Å². The lowest BCUT2D eigenvalue weighted by Gasteiger charge is -2.01. The Balaban J connectivity index is 2.24. The number of carbonyl (C=O) groups is 1. The average Bonchev–Trinajstić information content (AvgIpc) is 2.59. The van der Waals surface area contributed by atoms with E-state index in [0.29, 0.717) is 0 Å². The molecule has 1 aliphatic heterocycles. The highest BCUT2D eigenvalue weighted by molar-refractivity contribution is 5.90. The number of esters is 1. The summed E-state index contributed by atoms with van der Waals surface area (Å²) in [6.45, 7) is 4.26. The normalized spacial score (nSPS) is 23.5. The van der Waals surface area contributed by atoms with Crippen LogP contribution < -0.4 is 0 Å². The fourth-order valence-electron chi connectivity index (χ4n) is 1.84. The Morgan fingerprint density at radius 2 is 2.13 bits per heavy atom. The van der Waals surface area contributed by atoms with E-state index in [9.17, 15) is 4.79 Å². The van der Waals surface area contributed by atoms with Crippen LogP contribution in [-0.2, 0) is 9.53 Å². The average molecular weight is 210 g/mol. The summed E-state index contributed by atoms with van der Waals surface area (Å²) in [7, 11) is 0. The molecule has 0 N–H and O–H groups in total. The molecule has 2 heteroatoms. The van der Waals surface area contributed by atoms with Gasteiger partial charge in [0, 0.05) is 12.0 Å². The predicted molar refractivity (Wildman–Crippen MR) is 61.6 cm³/mol. The van der Waals surface area contributed by atoms with Crippen molar-refractivity contribution < 1.29 is 9.53 Å². The quantitative estimate of drug-likeness (QED) is 0.380. The molecule has 0 radical (unpaired) electrons. The minimum Gasteiger partial charge on any atom is -0.459 e. The second kappa shape index (κ2) is 6.65. The summed E-state index contributed by atoms with van der Waals surface area (Å²) in [5, 5.41) is 0. The number of hydrogen-bond acceptors (Lipinski definition) is 2. The maximum Gasteiger partial charge on any atom is 0.334 e. The number of allylic oxidation sites excluding steroid dienone is 1. The van der Waals surface area contributed by atoms with Crippen LogP contribution in [0.25, 0.3) is 0 Å². The van der Waals surface area contributed by atoms with E-state index in [1.54, 1.807) is 0 Å². The molecule has 15 heavy (non-hydrogen) atoms. The van der Waals surface area contributed by atoms with E-state index in [4.69, 9.17) is 4.74 Å². The molecule has 0 amide bonds. The molecule has 1 rings (SSSR count). The molecule has 1 saturated heterocycles. The minimum atomic E-state index is -0.0858. The Hall–Kier alpha value is -0.790. The standard InChI is InChI=1S/C13H22O2/c1-3-5-6-7-8-9-11-10-12(4-2)15-13(11)14/h9,12H,3-8,10H2,1-2H3. The van der Waals surface area contributed by atoms with Crippen LogP contribution in [0.15, 0.2) is 11.6 Å². The van der Waals surface area contributed by atoms with Crippen molar-refractivity contribution in [2.75, 3.05) is 0 Å². The lowest BCUT2D eigenvalue weighted by atomic mass is 10.1. The van der Waals surface area contributed by atoms with Crippen molar-refractivity contribution in [1.82, 2.24) is 0 Å². The Morgan fingerprint density at radius 1 is 1.33 bits per heavy atom. The third kappa shape index (κ3) is 4.06. The third-order valence-corrected chi connectivity index (χ3v) is 2.89. The number of carbonyl (C=O) groups excluding carboxylic acids is 1. The fourth-order valence-corrected chi connectivity index (χ4v) is 1.84. The van der Waals surface area contributed by atoms with Gasteiger partial charge in [-0.2, -0.15) is 0 Å². The van der Waals surface area contributed by atoms with E-state index in [1.165, 1.54) is 25.7 Å². The van der Waals surface area contributed by atoms with Gasteiger partial charge in [-0.1, -0.05) is 39.2 Å². The molecule has 0 aromatic rings. The van der Waals surface area contributed by atoms with Crippen LogP contribution >= 0.6 is 0 Å². The van der Waals surface area contributed by atoms with Gasteiger partial charge in [-0.05, 0) is 19.3 Å². The number of cyclic esters (lactones) is 1. The van der Waals surface area contributed by atoms with Crippen molar-refractivity contribution in [3.8, 4) is 0 Å². The number of ether oxygens (including phenoxy) is 1. The topological polar surface area (TPSA) is 26.3 Å². The molecule has 0 saturated carbocycles. The molecule has 0 aromatic heterocycles. The molecule has 0 spiro atoms. The molecule has 0 aromatic carbocycles. The van der Waals surface area contributed by atoms with Gasteiger partial charge < -0.3 is 4.74 Å². The summed E-state index contributed by atoms with van der Waals surface area (Å²) < 4.78 is 5.19. The highest BCUT2D eigenvalue weighted by Gasteiger charge is 2.26. The lowest BCUT2D eigenvalue weighted by Crippen LogP contribution is -2.03. The van der Waals surface area contributed by atoms with E-state index >= 15 is 0 Å². The van der Waals surface area contributed by atoms with Crippen molar-refractivity contribution >= 4 is 5.97 Å². The third-order valence-electron chi connectivity index (χ3n) is 2.89. The summed E-state index contributed by atoms with van der Waals surface area (Å²) in [5.74, 6) is -0.0858. The van der Waals surface area contributed by atoms with Gasteiger partial charge >= 0.3 is 5.97 Å². The van der Waals surface area contributed by atoms with Gasteiger partial charge in [0.05, 0.1) is 0 Å². The van der Waals surface area contributed by atoms with Gasteiger partial charge in [0.25, 0.3) is 0 Å². The van der Waals surface area contributed by atoms with E-state index in [1.807, 2.05) is 0 Å². The summed E-state index contributed by atoms with van der Waals surface area (Å²) in [5.41, 5.74) is 0.901. The van der Waals surface area contributed by atoms with Crippen molar-refractivity contribution in [2.24, 2.45) is 0 Å². The first kappa shape index (κ1) is 12.3. The van der Waals surface area contributed by atoms with E-state index in [-0.39, 0.29) is 12.1 Å². The highest BCUT2D eigenvalue weighted by atomic mass is 16.5. The van der Waals surface area contributed by atoms with Gasteiger partial charge in [0.15, 0.2) is 0 Å². The van der Waals surface area contributed by atoms with Gasteiger partial charge in [0.2, 0.25) is 0 Å². The summed E-state index contributed by atoms with van der Waals surface area (Å²) in [6.07, 6.45) is 10.0. The van der Waals surface area contributed by atoms with Crippen molar-refractivity contribution in [1.29, 1.82) is 0 Å². The van der Waals surface area contributed by atoms with Gasteiger partial charge in [-0.25, -0.2) is 4.79 Å². The SMILES string of the molecule is CCCCCCC=C1CC(CC)OC1=O. The van der Waals surface area contributed by atoms with Crippen LogP contribution in [0.3, 0.4) is 0 Å². The summed E-state index contributed by atoms with van der Waals surface area (Å²) >= 11 is 0. The van der Waals surface area contributed by atoms with Crippen LogP contribution in [-0.4, -0.2) is 12.1 Å². The fraction of sp³-hybridized carbons (Fsp3) is 0.769. The maximum absolute atomic E-state index is 11.4. The van der Waals surface area contributed by atoms with Gasteiger partial charge in [-0.15, -0.1) is 0 Å². The highest BCUT2D eigenvalue weighted by Crippen LogP contribution is 2.23. The van der Waals surface area contributed by atoms with Crippen molar-refractivity contribution in [3.05, 3.63) is 11.6 Å². The first-order valence-electron chi connectivity index (χ1n) is 6.18. The zero-order valence-corrected chi connectivity index (χ0v) is 9.92. The molecule has 0 aliphatic carbocycles. The Labute approximate surface area is 92.7 Å². The molecule has 1 atom stereocenters. The molecule has 86 valence electrons. The zero-order valence-electron chi connectivity index (χ0n) is 9.92. The maximum atomic E-state index is 11.4. The minimum absolute atomic E-state index is 0.0858. The first-order valence-corrected chi connectivity index (χ1v) is 6.18. The van der Waals surface area contributed by atoms with Crippen molar-refractivity contribution in [2.45, 2.75) is 64.9 Å². The first-order chi connectivity index (χ1) is 7.27. The van der Waals surface area contributed by atoms with Crippen LogP contribution in [0.2, 0.25) is 0 Å². The van der Waals surface area contributed by atoms with Crippen LogP contribution in [0.4, 0.5) is 0 Å². The molecule has 2 nitrogen and oxygen atoms in total. The molecule has 1 heterocycles. The Morgan fingerprint density at radius 3 is 2.73 bits per heavy atom. The van der Waals surface area contributed by atoms with E-state index in [0.717, 1.165) is 24.8 Å². The molecular formula is C13H22O2. The van der Waals surface area contributed by atoms with E-state index < -0.39 is 0 Å². The zero-order chi connectivity index (χ0) is 11.1. The second-order valence-electron chi connectivity index (χ2n) is 4.22. The Kier molecular flexibility index (Phi) is 5.44. The van der Waals surface area contributed by atoms with Crippen molar-refractivity contribution in [3.63, 3.8) is 0 Å². The summed E-state index contributed by atoms with van der Waals surface area (Å²) in [4.78, 5) is 11.4. The van der Waals surface area contributed by atoms with E-state index in [2.05, 4.69) is 19.9 Å². The van der Waals surface area contributed by atoms with Gasteiger partial charge in [0.1, 0.15) is 6.10 Å². The van der Waals surface area contributed by atoms with Crippen LogP contribution in [0, 0.1) is 0 Å². The number of unbranched alkanes of at least 4 members (excludes halogenated alkanes) is 4. The molecule has 1 unspecified atom stereocenters. The number of hydrogen-bond donors (Lipinski definition) is 0. The second-order valence-corrected chi connectivity index (χ2v) is 4.22. The van der Waals surface area contributed by atoms with Crippen LogP contribution in [0.5, 0.6) is 0 Å². The van der Waals surface area contributed by atoms with Crippen LogP contribution in [0.1, 0.15) is 58.8 Å². The molecule has 0 bridgehead atoms. The smallest absolute Gasteiger partial charge is 0.334 e. The largest absolute Gasteiger partial charge is 0.459 e.